The Hall–Kier alpha value is -2.29. The third-order valence-corrected chi connectivity index (χ3v) is 4.97. The monoisotopic (exact) mass is 344 g/mol. The van der Waals surface area contributed by atoms with E-state index in [9.17, 15) is 10.2 Å². The first-order valence-electron chi connectivity index (χ1n) is 7.56. The minimum atomic E-state index is -0.585. The molecule has 3 N–H and O–H groups in total. The van der Waals surface area contributed by atoms with Crippen LogP contribution in [0.3, 0.4) is 0 Å². The van der Waals surface area contributed by atoms with Crippen molar-refractivity contribution in [2.75, 3.05) is 18.5 Å². The lowest BCUT2D eigenvalue weighted by atomic mass is 10.1. The second-order valence-electron chi connectivity index (χ2n) is 5.72. The molecule has 1 aliphatic heterocycles. The van der Waals surface area contributed by atoms with Crippen LogP contribution in [0.25, 0.3) is 21.3 Å². The van der Waals surface area contributed by atoms with Gasteiger partial charge in [0.25, 0.3) is 0 Å². The summed E-state index contributed by atoms with van der Waals surface area (Å²) < 4.78 is 6.21. The molecule has 8 heteroatoms. The van der Waals surface area contributed by atoms with E-state index in [2.05, 4.69) is 20.5 Å². The number of aryl methyl sites for hydroxylation is 1. The maximum absolute atomic E-state index is 10.5. The summed E-state index contributed by atoms with van der Waals surface area (Å²) >= 11 is 1.57. The minimum absolute atomic E-state index is 0.188. The average molecular weight is 344 g/mol. The zero-order valence-corrected chi connectivity index (χ0v) is 13.7. The molecule has 1 aromatic carbocycles. The molecule has 2 aromatic heterocycles. The van der Waals surface area contributed by atoms with Gasteiger partial charge in [-0.2, -0.15) is 0 Å². The van der Waals surface area contributed by atoms with Gasteiger partial charge in [0, 0.05) is 15.6 Å². The van der Waals surface area contributed by atoms with Gasteiger partial charge in [-0.1, -0.05) is 0 Å². The van der Waals surface area contributed by atoms with Gasteiger partial charge in [0.15, 0.2) is 0 Å². The lowest BCUT2D eigenvalue weighted by Gasteiger charge is -2.15. The van der Waals surface area contributed by atoms with Crippen molar-refractivity contribution in [2.24, 2.45) is 0 Å². The number of aromatic hydroxyl groups is 1. The summed E-state index contributed by atoms with van der Waals surface area (Å²) in [6.45, 7) is 2.52. The molecule has 7 nitrogen and oxygen atoms in total. The Labute approximate surface area is 142 Å². The van der Waals surface area contributed by atoms with Crippen molar-refractivity contribution in [1.29, 1.82) is 0 Å². The second kappa shape index (κ2) is 5.97. The molecule has 2 atom stereocenters. The fourth-order valence-corrected chi connectivity index (χ4v) is 3.57. The van der Waals surface area contributed by atoms with Crippen molar-refractivity contribution in [3.8, 4) is 17.0 Å². The number of phenols is 1. The number of hydrogen-bond acceptors (Lipinski definition) is 8. The van der Waals surface area contributed by atoms with Gasteiger partial charge in [-0.25, -0.2) is 4.98 Å². The van der Waals surface area contributed by atoms with Gasteiger partial charge in [0.1, 0.15) is 11.4 Å². The van der Waals surface area contributed by atoms with Gasteiger partial charge >= 0.3 is 0 Å². The van der Waals surface area contributed by atoms with Crippen molar-refractivity contribution in [3.05, 3.63) is 29.3 Å². The summed E-state index contributed by atoms with van der Waals surface area (Å²) in [6.07, 6.45) is -0.585. The third-order valence-electron chi connectivity index (χ3n) is 4.09. The predicted octanol–water partition coefficient (Wildman–Crippen LogP) is 1.94. The summed E-state index contributed by atoms with van der Waals surface area (Å²) in [7, 11) is 0. The van der Waals surface area contributed by atoms with E-state index >= 15 is 0 Å². The molecule has 1 saturated heterocycles. The topological polar surface area (TPSA) is 100 Å². The number of phenolic OH excluding ortho intramolecular Hbond substituents is 1. The number of thiophene rings is 1. The lowest BCUT2D eigenvalue weighted by Crippen LogP contribution is -2.32. The summed E-state index contributed by atoms with van der Waals surface area (Å²) in [4.78, 5) is 4.40. The molecule has 0 radical (unpaired) electrons. The Morgan fingerprint density at radius 1 is 1.25 bits per heavy atom. The highest BCUT2D eigenvalue weighted by Gasteiger charge is 2.27. The average Bonchev–Trinajstić information content (AvgIpc) is 3.19. The fraction of sp³-hybridized carbons (Fsp3) is 0.312. The van der Waals surface area contributed by atoms with Gasteiger partial charge < -0.3 is 20.3 Å². The predicted molar refractivity (Wildman–Crippen MR) is 91.3 cm³/mol. The molecule has 24 heavy (non-hydrogen) atoms. The van der Waals surface area contributed by atoms with Crippen molar-refractivity contribution >= 4 is 27.4 Å². The number of benzene rings is 1. The quantitative estimate of drug-likeness (QED) is 0.667. The van der Waals surface area contributed by atoms with Crippen LogP contribution in [-0.2, 0) is 4.74 Å². The third kappa shape index (κ3) is 2.58. The van der Waals surface area contributed by atoms with Crippen LogP contribution in [0.5, 0.6) is 5.75 Å². The number of rotatable bonds is 3. The zero-order chi connectivity index (χ0) is 16.7. The normalized spacial score (nSPS) is 20.6. The molecule has 1 fully saturated rings. The first-order chi connectivity index (χ1) is 11.6. The van der Waals surface area contributed by atoms with Crippen molar-refractivity contribution < 1.29 is 14.9 Å². The molecule has 1 aliphatic rings. The highest BCUT2D eigenvalue weighted by Crippen LogP contribution is 2.37. The number of hydrogen-bond donors (Lipinski definition) is 3. The van der Waals surface area contributed by atoms with E-state index in [1.165, 1.54) is 0 Å². The number of nitrogens with one attached hydrogen (secondary N) is 1. The van der Waals surface area contributed by atoms with E-state index in [1.807, 2.05) is 30.5 Å². The molecule has 124 valence electrons. The lowest BCUT2D eigenvalue weighted by molar-refractivity contribution is 0.125. The summed E-state index contributed by atoms with van der Waals surface area (Å²) in [6, 6.07) is 5.42. The van der Waals surface area contributed by atoms with Gasteiger partial charge in [0.2, 0.25) is 5.95 Å². The molecule has 0 saturated carbocycles. The van der Waals surface area contributed by atoms with E-state index in [0.717, 1.165) is 10.1 Å². The Bertz CT molecular complexity index is 898. The Kier molecular flexibility index (Phi) is 3.79. The van der Waals surface area contributed by atoms with Crippen molar-refractivity contribution in [2.45, 2.75) is 19.1 Å². The van der Waals surface area contributed by atoms with Crippen LogP contribution < -0.4 is 5.32 Å². The number of aliphatic hydroxyl groups excluding tert-OH is 1. The van der Waals surface area contributed by atoms with Crippen LogP contribution >= 0.6 is 11.3 Å². The van der Waals surface area contributed by atoms with E-state index in [1.54, 1.807) is 11.3 Å². The van der Waals surface area contributed by atoms with Crippen LogP contribution in [0.1, 0.15) is 5.69 Å². The standard InChI is InChI=1S/C16H16N4O3S/c1-8-14(10-2-3-13-9(15(10)22)4-5-24-13)19-20-16(17-8)18-11-6-23-7-12(11)21/h2-5,11-12,21-22H,6-7H2,1H3,(H,17,18,20)/t11-,12-/m1/s1. The van der Waals surface area contributed by atoms with Crippen LogP contribution in [0.4, 0.5) is 5.95 Å². The van der Waals surface area contributed by atoms with Gasteiger partial charge in [-0.05, 0) is 30.5 Å². The molecule has 0 amide bonds. The molecule has 0 aliphatic carbocycles. The fourth-order valence-electron chi connectivity index (χ4n) is 2.78. The van der Waals surface area contributed by atoms with Gasteiger partial charge in [0.05, 0.1) is 31.1 Å². The smallest absolute Gasteiger partial charge is 0.243 e. The number of aliphatic hydroxyl groups is 1. The maximum Gasteiger partial charge on any atom is 0.243 e. The Morgan fingerprint density at radius 3 is 2.88 bits per heavy atom. The van der Waals surface area contributed by atoms with Crippen molar-refractivity contribution in [3.63, 3.8) is 0 Å². The van der Waals surface area contributed by atoms with E-state index in [-0.39, 0.29) is 11.8 Å². The Balaban J connectivity index is 1.67. The number of anilines is 1. The van der Waals surface area contributed by atoms with Crippen LogP contribution in [0.15, 0.2) is 23.6 Å². The molecule has 0 bridgehead atoms. The molecule has 0 spiro atoms. The molecule has 0 unspecified atom stereocenters. The number of nitrogens with zero attached hydrogens (tertiary/aromatic N) is 3. The first-order valence-corrected chi connectivity index (χ1v) is 8.44. The molecule has 3 heterocycles. The highest BCUT2D eigenvalue weighted by atomic mass is 32.1. The number of aromatic nitrogens is 3. The van der Waals surface area contributed by atoms with E-state index < -0.39 is 6.10 Å². The zero-order valence-electron chi connectivity index (χ0n) is 12.9. The van der Waals surface area contributed by atoms with Gasteiger partial charge in [-0.15, -0.1) is 21.5 Å². The highest BCUT2D eigenvalue weighted by molar-refractivity contribution is 7.17. The largest absolute Gasteiger partial charge is 0.507 e. The number of ether oxygens (including phenoxy) is 1. The van der Waals surface area contributed by atoms with E-state index in [0.29, 0.717) is 36.1 Å². The summed E-state index contributed by atoms with van der Waals surface area (Å²) in [5.41, 5.74) is 1.79. The Morgan fingerprint density at radius 2 is 2.12 bits per heavy atom. The molecule has 4 rings (SSSR count). The van der Waals surface area contributed by atoms with Gasteiger partial charge in [-0.3, -0.25) is 0 Å². The SMILES string of the molecule is Cc1nc(N[C@@H]2COC[C@H]2O)nnc1-c1ccc2sccc2c1O. The van der Waals surface area contributed by atoms with Crippen LogP contribution in [0.2, 0.25) is 0 Å². The number of fused-ring (bicyclic) bond motifs is 1. The first kappa shape index (κ1) is 15.3. The van der Waals surface area contributed by atoms with Crippen LogP contribution in [-0.4, -0.2) is 50.8 Å². The van der Waals surface area contributed by atoms with Crippen LogP contribution in [0, 0.1) is 6.92 Å². The van der Waals surface area contributed by atoms with Crippen molar-refractivity contribution in [1.82, 2.24) is 15.2 Å². The van der Waals surface area contributed by atoms with E-state index in [4.69, 9.17) is 4.74 Å². The molecular weight excluding hydrogens is 328 g/mol. The minimum Gasteiger partial charge on any atom is -0.507 e. The molecule has 3 aromatic rings. The maximum atomic E-state index is 10.5. The summed E-state index contributed by atoms with van der Waals surface area (Å²) in [5, 5.41) is 34.3. The summed E-state index contributed by atoms with van der Waals surface area (Å²) in [5.74, 6) is 0.523. The second-order valence-corrected chi connectivity index (χ2v) is 6.67. The molecular formula is C16H16N4O3S.